The summed E-state index contributed by atoms with van der Waals surface area (Å²) in [5.74, 6) is 0. The highest BCUT2D eigenvalue weighted by atomic mass is 79.9. The van der Waals surface area contributed by atoms with Crippen LogP contribution in [0.25, 0.3) is 0 Å². The second kappa shape index (κ2) is 6.17. The molecule has 0 saturated heterocycles. The summed E-state index contributed by atoms with van der Waals surface area (Å²) in [4.78, 5) is 0.254. The fourth-order valence-corrected chi connectivity index (χ4v) is 3.74. The Morgan fingerprint density at radius 2 is 1.76 bits per heavy atom. The predicted octanol–water partition coefficient (Wildman–Crippen LogP) is 3.33. The van der Waals surface area contributed by atoms with Crippen molar-refractivity contribution in [1.29, 1.82) is 0 Å². The molecule has 0 spiro atoms. The highest BCUT2D eigenvalue weighted by Crippen LogP contribution is 2.25. The Morgan fingerprint density at radius 3 is 2.43 bits per heavy atom. The van der Waals surface area contributed by atoms with Crippen LogP contribution in [0, 0.1) is 13.8 Å². The molecule has 6 heteroatoms. The summed E-state index contributed by atoms with van der Waals surface area (Å²) >= 11 is 3.35. The van der Waals surface area contributed by atoms with E-state index in [-0.39, 0.29) is 4.90 Å². The van der Waals surface area contributed by atoms with E-state index in [9.17, 15) is 8.42 Å². The Bertz CT molecular complexity index is 773. The van der Waals surface area contributed by atoms with Crippen LogP contribution in [-0.2, 0) is 16.6 Å². The third-order valence-corrected chi connectivity index (χ3v) is 5.22. The zero-order chi connectivity index (χ0) is 15.6. The Balaban J connectivity index is 2.45. The van der Waals surface area contributed by atoms with E-state index in [1.54, 1.807) is 25.1 Å². The second-order valence-corrected chi connectivity index (χ2v) is 7.44. The van der Waals surface area contributed by atoms with Crippen LogP contribution < -0.4 is 10.5 Å². The molecule has 0 saturated carbocycles. The molecule has 0 aromatic heterocycles. The summed E-state index contributed by atoms with van der Waals surface area (Å²) in [7, 11) is -3.64. The molecule has 0 aliphatic carbocycles. The van der Waals surface area contributed by atoms with Gasteiger partial charge in [-0.15, -0.1) is 0 Å². The van der Waals surface area contributed by atoms with Crippen molar-refractivity contribution in [3.05, 3.63) is 57.6 Å². The number of hydrogen-bond acceptors (Lipinski definition) is 3. The molecule has 21 heavy (non-hydrogen) atoms. The Hall–Kier alpha value is -1.37. The van der Waals surface area contributed by atoms with E-state index in [0.717, 1.165) is 15.6 Å². The van der Waals surface area contributed by atoms with Gasteiger partial charge in [0.05, 0.1) is 10.6 Å². The SMILES string of the molecule is Cc1ccc(Br)cc1NS(=O)(=O)c1cc(CN)ccc1C. The molecule has 0 aliphatic heterocycles. The smallest absolute Gasteiger partial charge is 0.262 e. The summed E-state index contributed by atoms with van der Waals surface area (Å²) in [5.41, 5.74) is 8.47. The monoisotopic (exact) mass is 368 g/mol. The van der Waals surface area contributed by atoms with Crippen molar-refractivity contribution >= 4 is 31.6 Å². The number of hydrogen-bond donors (Lipinski definition) is 2. The van der Waals surface area contributed by atoms with E-state index in [0.29, 0.717) is 17.8 Å². The zero-order valence-corrected chi connectivity index (χ0v) is 14.3. The Kier molecular flexibility index (Phi) is 4.70. The van der Waals surface area contributed by atoms with Gasteiger partial charge in [0.1, 0.15) is 0 Å². The average Bonchev–Trinajstić information content (AvgIpc) is 2.43. The van der Waals surface area contributed by atoms with Crippen molar-refractivity contribution < 1.29 is 8.42 Å². The van der Waals surface area contributed by atoms with Crippen LogP contribution in [0.4, 0.5) is 5.69 Å². The van der Waals surface area contributed by atoms with Gasteiger partial charge in [-0.2, -0.15) is 0 Å². The van der Waals surface area contributed by atoms with Crippen LogP contribution in [0.5, 0.6) is 0 Å². The van der Waals surface area contributed by atoms with E-state index in [2.05, 4.69) is 20.7 Å². The minimum atomic E-state index is -3.64. The first kappa shape index (κ1) is 16.0. The number of halogens is 1. The second-order valence-electron chi connectivity index (χ2n) is 4.87. The lowest BCUT2D eigenvalue weighted by atomic mass is 10.1. The van der Waals surface area contributed by atoms with Crippen molar-refractivity contribution in [2.45, 2.75) is 25.3 Å². The van der Waals surface area contributed by atoms with E-state index in [1.165, 1.54) is 0 Å². The lowest BCUT2D eigenvalue weighted by molar-refractivity contribution is 0.600. The number of sulfonamides is 1. The van der Waals surface area contributed by atoms with Crippen molar-refractivity contribution in [2.75, 3.05) is 4.72 Å². The molecule has 2 aromatic carbocycles. The summed E-state index contributed by atoms with van der Waals surface area (Å²) < 4.78 is 28.6. The van der Waals surface area contributed by atoms with Crippen LogP contribution in [0.15, 0.2) is 45.8 Å². The van der Waals surface area contributed by atoms with Crippen molar-refractivity contribution in [2.24, 2.45) is 5.73 Å². The maximum Gasteiger partial charge on any atom is 0.262 e. The van der Waals surface area contributed by atoms with Crippen LogP contribution in [0.1, 0.15) is 16.7 Å². The lowest BCUT2D eigenvalue weighted by Crippen LogP contribution is -2.15. The maximum absolute atomic E-state index is 12.6. The Labute approximate surface area is 133 Å². The molecule has 0 aliphatic rings. The van der Waals surface area contributed by atoms with Gasteiger partial charge in [0, 0.05) is 11.0 Å². The third-order valence-electron chi connectivity index (χ3n) is 3.22. The van der Waals surface area contributed by atoms with Gasteiger partial charge in [0.15, 0.2) is 0 Å². The minimum Gasteiger partial charge on any atom is -0.326 e. The van der Waals surface area contributed by atoms with Crippen molar-refractivity contribution in [3.8, 4) is 0 Å². The van der Waals surface area contributed by atoms with Gasteiger partial charge < -0.3 is 5.73 Å². The normalized spacial score (nSPS) is 11.4. The average molecular weight is 369 g/mol. The van der Waals surface area contributed by atoms with Gasteiger partial charge >= 0.3 is 0 Å². The summed E-state index contributed by atoms with van der Waals surface area (Å²) in [6.07, 6.45) is 0. The topological polar surface area (TPSA) is 72.2 Å². The summed E-state index contributed by atoms with van der Waals surface area (Å²) in [6, 6.07) is 10.7. The Morgan fingerprint density at radius 1 is 1.10 bits per heavy atom. The van der Waals surface area contributed by atoms with E-state index < -0.39 is 10.0 Å². The van der Waals surface area contributed by atoms with Crippen LogP contribution in [-0.4, -0.2) is 8.42 Å². The lowest BCUT2D eigenvalue weighted by Gasteiger charge is -2.13. The first-order chi connectivity index (χ1) is 9.83. The van der Waals surface area contributed by atoms with Crippen molar-refractivity contribution in [1.82, 2.24) is 0 Å². The standard InChI is InChI=1S/C15H17BrN2O2S/c1-10-4-6-13(16)8-14(10)18-21(19,20)15-7-12(9-17)5-3-11(15)2/h3-8,18H,9,17H2,1-2H3. The molecule has 4 nitrogen and oxygen atoms in total. The molecule has 0 unspecified atom stereocenters. The largest absolute Gasteiger partial charge is 0.326 e. The number of rotatable bonds is 4. The van der Waals surface area contributed by atoms with Gasteiger partial charge in [0.25, 0.3) is 10.0 Å². The molecule has 0 amide bonds. The van der Waals surface area contributed by atoms with Crippen molar-refractivity contribution in [3.63, 3.8) is 0 Å². The maximum atomic E-state index is 12.6. The van der Waals surface area contributed by atoms with E-state index >= 15 is 0 Å². The molecule has 0 atom stereocenters. The number of anilines is 1. The fraction of sp³-hybridized carbons (Fsp3) is 0.200. The molecule has 3 N–H and O–H groups in total. The fourth-order valence-electron chi connectivity index (χ4n) is 1.96. The highest BCUT2D eigenvalue weighted by Gasteiger charge is 2.18. The molecular weight excluding hydrogens is 352 g/mol. The molecule has 0 heterocycles. The first-order valence-corrected chi connectivity index (χ1v) is 8.69. The van der Waals surface area contributed by atoms with Gasteiger partial charge in [0.2, 0.25) is 0 Å². The number of benzene rings is 2. The predicted molar refractivity (Wildman–Crippen MR) is 88.8 cm³/mol. The molecule has 2 aromatic rings. The number of nitrogens with one attached hydrogen (secondary N) is 1. The van der Waals surface area contributed by atoms with Gasteiger partial charge in [-0.05, 0) is 48.7 Å². The number of aryl methyl sites for hydroxylation is 2. The van der Waals surface area contributed by atoms with E-state index in [4.69, 9.17) is 5.73 Å². The first-order valence-electron chi connectivity index (χ1n) is 6.42. The molecule has 0 radical (unpaired) electrons. The molecule has 2 rings (SSSR count). The highest BCUT2D eigenvalue weighted by molar-refractivity contribution is 9.10. The minimum absolute atomic E-state index is 0.254. The van der Waals surface area contributed by atoms with Crippen LogP contribution in [0.2, 0.25) is 0 Å². The molecule has 0 bridgehead atoms. The molecular formula is C15H17BrN2O2S. The quantitative estimate of drug-likeness (QED) is 0.869. The molecule has 0 fully saturated rings. The van der Waals surface area contributed by atoms with Gasteiger partial charge in [-0.25, -0.2) is 8.42 Å². The van der Waals surface area contributed by atoms with Gasteiger partial charge in [-0.3, -0.25) is 4.72 Å². The van der Waals surface area contributed by atoms with Crippen LogP contribution in [0.3, 0.4) is 0 Å². The summed E-state index contributed by atoms with van der Waals surface area (Å²) in [6.45, 7) is 3.93. The number of nitrogens with two attached hydrogens (primary N) is 1. The van der Waals surface area contributed by atoms with E-state index in [1.807, 2.05) is 25.1 Å². The summed E-state index contributed by atoms with van der Waals surface area (Å²) in [5, 5.41) is 0. The van der Waals surface area contributed by atoms with Crippen LogP contribution >= 0.6 is 15.9 Å². The third kappa shape index (κ3) is 3.64. The molecule has 112 valence electrons. The van der Waals surface area contributed by atoms with Gasteiger partial charge in [-0.1, -0.05) is 34.1 Å². The zero-order valence-electron chi connectivity index (χ0n) is 11.9.